The van der Waals surface area contributed by atoms with Gasteiger partial charge in [0.15, 0.2) is 0 Å². The quantitative estimate of drug-likeness (QED) is 0.829. The molecule has 4 nitrogen and oxygen atoms in total. The zero-order valence-electron chi connectivity index (χ0n) is 11.8. The van der Waals surface area contributed by atoms with Crippen LogP contribution < -0.4 is 10.5 Å². The fourth-order valence-corrected chi connectivity index (χ4v) is 4.05. The van der Waals surface area contributed by atoms with Crippen molar-refractivity contribution < 1.29 is 12.8 Å². The molecule has 1 aromatic heterocycles. The third kappa shape index (κ3) is 3.61. The summed E-state index contributed by atoms with van der Waals surface area (Å²) in [6, 6.07) is 7.17. The van der Waals surface area contributed by atoms with Crippen molar-refractivity contribution in [2.45, 2.75) is 24.2 Å². The molecule has 3 N–H and O–H groups in total. The first kappa shape index (κ1) is 15.9. The Morgan fingerprint density at radius 1 is 1.33 bits per heavy atom. The van der Waals surface area contributed by atoms with E-state index in [1.165, 1.54) is 6.07 Å². The second-order valence-corrected chi connectivity index (χ2v) is 8.05. The van der Waals surface area contributed by atoms with Crippen LogP contribution in [0.2, 0.25) is 0 Å². The molecule has 0 fully saturated rings. The number of nitrogens with two attached hydrogens (primary N) is 1. The third-order valence-electron chi connectivity index (χ3n) is 3.16. The van der Waals surface area contributed by atoms with Crippen molar-refractivity contribution in [3.05, 3.63) is 46.4 Å². The zero-order chi connectivity index (χ0) is 15.7. The number of rotatable bonds is 5. The summed E-state index contributed by atoms with van der Waals surface area (Å²) >= 11 is 1.56. The first-order valence-corrected chi connectivity index (χ1v) is 8.67. The molecule has 0 unspecified atom stereocenters. The maximum absolute atomic E-state index is 13.2. The van der Waals surface area contributed by atoms with Crippen molar-refractivity contribution in [2.24, 2.45) is 0 Å². The highest BCUT2D eigenvalue weighted by Gasteiger charge is 2.26. The molecule has 0 amide bonds. The number of nitrogen functional groups attached to an aromatic ring is 1. The Bertz CT molecular complexity index is 725. The smallest absolute Gasteiger partial charge is 0.242 e. The molecule has 0 spiro atoms. The van der Waals surface area contributed by atoms with Gasteiger partial charge < -0.3 is 5.73 Å². The van der Waals surface area contributed by atoms with Gasteiger partial charge in [-0.25, -0.2) is 17.5 Å². The van der Waals surface area contributed by atoms with E-state index in [1.807, 2.05) is 31.4 Å². The number of hydrogen-bond acceptors (Lipinski definition) is 4. The van der Waals surface area contributed by atoms with Crippen LogP contribution in [-0.4, -0.2) is 15.0 Å². The highest BCUT2D eigenvalue weighted by Crippen LogP contribution is 2.27. The Morgan fingerprint density at radius 2 is 2.05 bits per heavy atom. The summed E-state index contributed by atoms with van der Waals surface area (Å²) < 4.78 is 40.3. The van der Waals surface area contributed by atoms with E-state index in [9.17, 15) is 12.8 Å². The Morgan fingerprint density at radius 3 is 2.67 bits per heavy atom. The highest BCUT2D eigenvalue weighted by molar-refractivity contribution is 7.89. The molecule has 0 saturated heterocycles. The van der Waals surface area contributed by atoms with Gasteiger partial charge in [-0.15, -0.1) is 11.3 Å². The standard InChI is InChI=1S/C14H17FN2O2S2/c1-14(2,13-4-3-7-20-13)9-17-21(18,19)12-8-10(15)5-6-11(12)16/h3-8,17H,9,16H2,1-2H3. The van der Waals surface area contributed by atoms with E-state index in [0.717, 1.165) is 17.0 Å². The summed E-state index contributed by atoms with van der Waals surface area (Å²) in [5.41, 5.74) is 5.29. The second-order valence-electron chi connectivity index (χ2n) is 5.37. The van der Waals surface area contributed by atoms with Crippen LogP contribution in [-0.2, 0) is 15.4 Å². The van der Waals surface area contributed by atoms with E-state index < -0.39 is 15.8 Å². The summed E-state index contributed by atoms with van der Waals surface area (Å²) in [6.07, 6.45) is 0. The minimum atomic E-state index is -3.85. The Kier molecular flexibility index (Phi) is 4.36. The molecule has 1 aromatic carbocycles. The number of hydrogen-bond donors (Lipinski definition) is 2. The van der Waals surface area contributed by atoms with Gasteiger partial charge in [0.25, 0.3) is 0 Å². The van der Waals surface area contributed by atoms with Crippen LogP contribution in [0.25, 0.3) is 0 Å². The first-order chi connectivity index (χ1) is 9.72. The highest BCUT2D eigenvalue weighted by atomic mass is 32.2. The fraction of sp³-hybridized carbons (Fsp3) is 0.286. The van der Waals surface area contributed by atoms with E-state index in [2.05, 4.69) is 4.72 Å². The van der Waals surface area contributed by atoms with Crippen molar-refractivity contribution in [1.82, 2.24) is 4.72 Å². The number of nitrogens with one attached hydrogen (secondary N) is 1. The number of thiophene rings is 1. The van der Waals surface area contributed by atoms with Crippen LogP contribution in [0.3, 0.4) is 0 Å². The van der Waals surface area contributed by atoms with Gasteiger partial charge >= 0.3 is 0 Å². The molecule has 0 aliphatic carbocycles. The molecule has 0 saturated carbocycles. The molecule has 1 heterocycles. The van der Waals surface area contributed by atoms with Gasteiger partial charge in [0.2, 0.25) is 10.0 Å². The monoisotopic (exact) mass is 328 g/mol. The molecule has 0 aliphatic heterocycles. The lowest BCUT2D eigenvalue weighted by Gasteiger charge is -2.23. The normalized spacial score (nSPS) is 12.5. The van der Waals surface area contributed by atoms with Crippen LogP contribution in [0.15, 0.2) is 40.6 Å². The molecule has 0 bridgehead atoms. The predicted octanol–water partition coefficient (Wildman–Crippen LogP) is 2.73. The van der Waals surface area contributed by atoms with Gasteiger partial charge in [0, 0.05) is 16.8 Å². The summed E-state index contributed by atoms with van der Waals surface area (Å²) in [4.78, 5) is 0.835. The number of sulfonamides is 1. The topological polar surface area (TPSA) is 72.2 Å². The van der Waals surface area contributed by atoms with Gasteiger partial charge in [-0.2, -0.15) is 0 Å². The van der Waals surface area contributed by atoms with E-state index in [-0.39, 0.29) is 22.5 Å². The number of benzene rings is 1. The minimum absolute atomic E-state index is 0.0258. The van der Waals surface area contributed by atoms with Crippen LogP contribution in [0, 0.1) is 5.82 Å². The lowest BCUT2D eigenvalue weighted by Crippen LogP contribution is -2.36. The van der Waals surface area contributed by atoms with Crippen LogP contribution in [0.5, 0.6) is 0 Å². The summed E-state index contributed by atoms with van der Waals surface area (Å²) in [5, 5.41) is 1.94. The molecule has 7 heteroatoms. The van der Waals surface area contributed by atoms with E-state index in [1.54, 1.807) is 11.3 Å². The third-order valence-corrected chi connectivity index (χ3v) is 5.85. The number of anilines is 1. The summed E-state index contributed by atoms with van der Waals surface area (Å²) in [7, 11) is -3.85. The molecule has 114 valence electrons. The molecular formula is C14H17FN2O2S2. The molecule has 0 atom stereocenters. The van der Waals surface area contributed by atoms with Crippen molar-refractivity contribution >= 4 is 27.0 Å². The largest absolute Gasteiger partial charge is 0.398 e. The van der Waals surface area contributed by atoms with E-state index in [0.29, 0.717) is 0 Å². The Hall–Kier alpha value is -1.44. The molecule has 0 aliphatic rings. The van der Waals surface area contributed by atoms with Crippen molar-refractivity contribution in [2.75, 3.05) is 12.3 Å². The van der Waals surface area contributed by atoms with Crippen LogP contribution >= 0.6 is 11.3 Å². The maximum Gasteiger partial charge on any atom is 0.242 e. The molecular weight excluding hydrogens is 311 g/mol. The van der Waals surface area contributed by atoms with Crippen molar-refractivity contribution in [1.29, 1.82) is 0 Å². The second kappa shape index (κ2) is 5.75. The van der Waals surface area contributed by atoms with Gasteiger partial charge in [0.05, 0.1) is 5.69 Å². The van der Waals surface area contributed by atoms with Crippen LogP contribution in [0.1, 0.15) is 18.7 Å². The zero-order valence-corrected chi connectivity index (χ0v) is 13.4. The van der Waals surface area contributed by atoms with Gasteiger partial charge in [-0.1, -0.05) is 19.9 Å². The van der Waals surface area contributed by atoms with E-state index >= 15 is 0 Å². The van der Waals surface area contributed by atoms with Gasteiger partial charge in [0.1, 0.15) is 10.7 Å². The van der Waals surface area contributed by atoms with Crippen LogP contribution in [0.4, 0.5) is 10.1 Å². The summed E-state index contributed by atoms with van der Waals surface area (Å²) in [6.45, 7) is 4.08. The lowest BCUT2D eigenvalue weighted by molar-refractivity contribution is 0.509. The Labute approximate surface area is 127 Å². The minimum Gasteiger partial charge on any atom is -0.398 e. The first-order valence-electron chi connectivity index (χ1n) is 6.31. The number of halogens is 1. The maximum atomic E-state index is 13.2. The molecule has 0 radical (unpaired) electrons. The average Bonchev–Trinajstić information content (AvgIpc) is 2.94. The van der Waals surface area contributed by atoms with Gasteiger partial charge in [-0.05, 0) is 29.6 Å². The van der Waals surface area contributed by atoms with Crippen molar-refractivity contribution in [3.8, 4) is 0 Å². The van der Waals surface area contributed by atoms with Gasteiger partial charge in [-0.3, -0.25) is 0 Å². The lowest BCUT2D eigenvalue weighted by atomic mass is 9.92. The molecule has 2 rings (SSSR count). The Balaban J connectivity index is 2.21. The van der Waals surface area contributed by atoms with Crippen molar-refractivity contribution in [3.63, 3.8) is 0 Å². The molecule has 21 heavy (non-hydrogen) atoms. The summed E-state index contributed by atoms with van der Waals surface area (Å²) in [5.74, 6) is -0.637. The predicted molar refractivity (Wildman–Crippen MR) is 83.3 cm³/mol. The fourth-order valence-electron chi connectivity index (χ4n) is 1.84. The average molecular weight is 328 g/mol. The SMILES string of the molecule is CC(C)(CNS(=O)(=O)c1cc(F)ccc1N)c1cccs1. The molecule has 2 aromatic rings. The van der Waals surface area contributed by atoms with E-state index in [4.69, 9.17) is 5.73 Å².